The van der Waals surface area contributed by atoms with E-state index in [1.807, 2.05) is 38.1 Å². The second kappa shape index (κ2) is 16.2. The van der Waals surface area contributed by atoms with Crippen LogP contribution in [0, 0.1) is 63.1 Å². The Morgan fingerprint density at radius 2 is 1.71 bits per heavy atom. The van der Waals surface area contributed by atoms with Crippen LogP contribution in [-0.2, 0) is 20.7 Å². The molecule has 13 rings (SSSR count). The lowest BCUT2D eigenvalue weighted by atomic mass is 9.35. The third kappa shape index (κ3) is 5.95. The van der Waals surface area contributed by atoms with Gasteiger partial charge in [0.05, 0.1) is 29.5 Å². The van der Waals surface area contributed by atoms with Crippen molar-refractivity contribution in [2.75, 3.05) is 32.9 Å². The Hall–Kier alpha value is -3.63. The summed E-state index contributed by atoms with van der Waals surface area (Å²) in [5.41, 5.74) is -7.82. The second-order valence-electron chi connectivity index (χ2n) is 25.4. The Morgan fingerprint density at radius 3 is 2.46 bits per heavy atom. The fourth-order valence-electron chi connectivity index (χ4n) is 19.8. The monoisotopic (exact) mass is 992 g/mol. The molecule has 5 saturated carbocycles. The molecule has 2 bridgehead atoms. The highest BCUT2D eigenvalue weighted by Gasteiger charge is 2.85. The quantitative estimate of drug-likeness (QED) is 0.125. The Morgan fingerprint density at radius 1 is 0.931 bits per heavy atom. The first-order chi connectivity index (χ1) is 34.2. The molecule has 0 radical (unpaired) electrons. The summed E-state index contributed by atoms with van der Waals surface area (Å²) in [6.45, 7) is 11.3. The fourth-order valence-corrected chi connectivity index (χ4v) is 19.8. The molecule has 13 heteroatoms. The van der Waals surface area contributed by atoms with Gasteiger partial charge in [0.2, 0.25) is 0 Å². The normalized spacial score (nSPS) is 48.1. The van der Waals surface area contributed by atoms with E-state index in [4.69, 9.17) is 9.47 Å². The van der Waals surface area contributed by atoms with E-state index in [0.29, 0.717) is 55.3 Å². The van der Waals surface area contributed by atoms with Crippen molar-refractivity contribution in [2.24, 2.45) is 63.1 Å². The summed E-state index contributed by atoms with van der Waals surface area (Å²) in [4.78, 5) is 15.9. The number of aliphatic hydroxyl groups excluding tert-OH is 4. The summed E-state index contributed by atoms with van der Waals surface area (Å²) in [5.74, 6) is -5.04. The summed E-state index contributed by atoms with van der Waals surface area (Å²) in [6.07, 6.45) is 7.26. The van der Waals surface area contributed by atoms with Crippen molar-refractivity contribution < 1.29 is 60.2 Å². The Kier molecular flexibility index (Phi) is 11.1. The molecule has 2 spiro atoms. The van der Waals surface area contributed by atoms with E-state index >= 15 is 4.79 Å². The molecule has 13 nitrogen and oxygen atoms in total. The maximum absolute atomic E-state index is 15.9. The number of carbonyl (C=O) groups excluding carboxylic acids is 1. The molecular weight excluding hydrogens is 915 g/mol. The number of ketones is 1. The van der Waals surface area contributed by atoms with Crippen molar-refractivity contribution in [1.29, 1.82) is 0 Å². The first kappa shape index (κ1) is 49.3. The number of rotatable bonds is 9. The van der Waals surface area contributed by atoms with E-state index in [2.05, 4.69) is 38.2 Å². The summed E-state index contributed by atoms with van der Waals surface area (Å²) in [6, 6.07) is 10.7. The zero-order valence-electron chi connectivity index (χ0n) is 42.6. The second-order valence-corrected chi connectivity index (χ2v) is 25.4. The minimum atomic E-state index is -1.87. The van der Waals surface area contributed by atoms with Gasteiger partial charge >= 0.3 is 0 Å². The van der Waals surface area contributed by atoms with Gasteiger partial charge in [0.25, 0.3) is 0 Å². The van der Waals surface area contributed by atoms with Gasteiger partial charge in [-0.1, -0.05) is 76.6 Å². The summed E-state index contributed by atoms with van der Waals surface area (Å²) in [5, 5.41) is 117. The smallest absolute Gasteiger partial charge is 0.160 e. The van der Waals surface area contributed by atoms with Crippen molar-refractivity contribution in [3.05, 3.63) is 81.3 Å². The number of hydrogen-bond donors (Lipinski definition) is 10. The van der Waals surface area contributed by atoms with Crippen LogP contribution in [0.4, 0.5) is 0 Å². The molecule has 1 heterocycles. The lowest BCUT2D eigenvalue weighted by Crippen LogP contribution is -2.73. The molecule has 11 aliphatic rings. The third-order valence-electron chi connectivity index (χ3n) is 22.5. The van der Waals surface area contributed by atoms with Crippen molar-refractivity contribution in [1.82, 2.24) is 5.32 Å². The lowest BCUT2D eigenvalue weighted by Gasteiger charge is -2.70. The molecule has 2 aromatic rings. The molecule has 19 atom stereocenters. The van der Waals surface area contributed by atoms with E-state index in [0.717, 1.165) is 29.0 Å². The van der Waals surface area contributed by atoms with Gasteiger partial charge in [-0.15, -0.1) is 0 Å². The predicted octanol–water partition coefficient (Wildman–Crippen LogP) is 4.33. The molecule has 0 amide bonds. The Bertz CT molecular complexity index is 2790. The first-order valence-electron chi connectivity index (χ1n) is 27.3. The van der Waals surface area contributed by atoms with Gasteiger partial charge in [0.15, 0.2) is 5.78 Å². The van der Waals surface area contributed by atoms with Crippen molar-refractivity contribution in [3.63, 3.8) is 0 Å². The number of fused-ring (bicyclic) bond motifs is 17. The molecule has 10 N–H and O–H groups in total. The van der Waals surface area contributed by atoms with Crippen LogP contribution in [0.25, 0.3) is 11.8 Å². The molecule has 6 fully saturated rings. The topological polar surface area (TPSA) is 230 Å². The number of carbonyl (C=O) groups is 1. The molecule has 390 valence electrons. The number of aromatic hydroxyl groups is 2. The molecule has 19 unspecified atom stereocenters. The van der Waals surface area contributed by atoms with Crippen molar-refractivity contribution >= 4 is 17.6 Å². The van der Waals surface area contributed by atoms with Gasteiger partial charge in [0, 0.05) is 85.5 Å². The van der Waals surface area contributed by atoms with E-state index in [-0.39, 0.29) is 85.6 Å². The van der Waals surface area contributed by atoms with Crippen molar-refractivity contribution in [3.8, 4) is 11.5 Å². The van der Waals surface area contributed by atoms with Gasteiger partial charge in [0.1, 0.15) is 28.5 Å². The Balaban J connectivity index is 1.10. The maximum Gasteiger partial charge on any atom is 0.160 e. The van der Waals surface area contributed by atoms with Crippen LogP contribution < -0.4 is 15.8 Å². The number of phenols is 2. The lowest BCUT2D eigenvalue weighted by molar-refractivity contribution is -0.257. The largest absolute Gasteiger partial charge is 0.511 e. The van der Waals surface area contributed by atoms with Crippen LogP contribution in [0.3, 0.4) is 0 Å². The standard InChI is InChI=1S/C59H77NO12/c1-6-60-29-34-26-52(3)15-14-39(34)59(51(67)31(52)2)57(69,18-20-62)50-43(72-59)27-58(70)40-25-42(65)47-46-38-23-35(63)24-41(64)37(38)13-17-56(46,68)44(71-21-9-19-61)28-53(47,4)49(40)55(30-54(50,58)5)16-12-33-22-32-10-7-8-11-36(32)48(66)45(33)55/h7-8,10-11,22-26,31,33,39,43-47,49-51,60-64,66-70H,6,9,12-21,27-30H2,1-5H3. The maximum atomic E-state index is 15.9. The van der Waals surface area contributed by atoms with Crippen LogP contribution in [0.15, 0.2) is 59.7 Å². The van der Waals surface area contributed by atoms with Gasteiger partial charge in [-0.25, -0.2) is 0 Å². The van der Waals surface area contributed by atoms with Crippen LogP contribution in [0.1, 0.15) is 116 Å². The summed E-state index contributed by atoms with van der Waals surface area (Å²) >= 11 is 0. The molecule has 2 aromatic carbocycles. The van der Waals surface area contributed by atoms with Crippen LogP contribution >= 0.6 is 0 Å². The van der Waals surface area contributed by atoms with E-state index in [1.165, 1.54) is 6.07 Å². The molecule has 10 aliphatic carbocycles. The highest BCUT2D eigenvalue weighted by Crippen LogP contribution is 2.81. The van der Waals surface area contributed by atoms with Gasteiger partial charge < -0.3 is 60.7 Å². The van der Waals surface area contributed by atoms with Crippen molar-refractivity contribution in [2.45, 2.75) is 152 Å². The fraction of sp³-hybridized carbons (Fsp3) is 0.678. The summed E-state index contributed by atoms with van der Waals surface area (Å²) < 4.78 is 14.3. The SMILES string of the molecule is CCNCC1=CC2(C)CCC1C1(OC3CC4(O)C5=CC(=O)C6C7c8cc(O)cc(O)c8CCC7(O)C(OCCCO)CC6(C)C5C5(CCC6C=c7ccccc7=C(O)C65)CC4(C)C3C1(O)CCO)C(O)C2C. The number of allylic oxidation sites excluding steroid dienone is 2. The third-order valence-corrected chi connectivity index (χ3v) is 22.5. The zero-order chi connectivity index (χ0) is 50.9. The van der Waals surface area contributed by atoms with E-state index in [1.54, 1.807) is 12.1 Å². The zero-order valence-corrected chi connectivity index (χ0v) is 42.6. The van der Waals surface area contributed by atoms with Crippen LogP contribution in [0.5, 0.6) is 11.5 Å². The van der Waals surface area contributed by atoms with Crippen LogP contribution in [-0.4, -0.2) is 125 Å². The van der Waals surface area contributed by atoms with Gasteiger partial charge in [-0.05, 0) is 132 Å². The molecule has 1 aliphatic heterocycles. The average Bonchev–Trinajstić information content (AvgIpc) is 3.86. The minimum absolute atomic E-state index is 0.0144. The molecule has 0 aromatic heterocycles. The first-order valence-corrected chi connectivity index (χ1v) is 27.3. The number of phenolic OH excluding ortho intramolecular Hbond substituents is 2. The highest BCUT2D eigenvalue weighted by atomic mass is 16.6. The number of nitrogens with one attached hydrogen (secondary N) is 1. The number of aliphatic hydroxyl groups is 7. The van der Waals surface area contributed by atoms with Gasteiger partial charge in [-0.3, -0.25) is 4.79 Å². The van der Waals surface area contributed by atoms with E-state index in [9.17, 15) is 46.0 Å². The summed E-state index contributed by atoms with van der Waals surface area (Å²) in [7, 11) is 0. The Labute approximate surface area is 422 Å². The minimum Gasteiger partial charge on any atom is -0.511 e. The van der Waals surface area contributed by atoms with Gasteiger partial charge in [-0.2, -0.15) is 0 Å². The number of hydrogen-bond acceptors (Lipinski definition) is 13. The average molecular weight is 992 g/mol. The predicted molar refractivity (Wildman–Crippen MR) is 268 cm³/mol. The van der Waals surface area contributed by atoms with Crippen LogP contribution in [0.2, 0.25) is 0 Å². The number of benzene rings is 2. The number of likely N-dealkylation sites (N-methyl/N-ethyl adjacent to an activating group) is 1. The number of ether oxygens (including phenoxy) is 2. The highest BCUT2D eigenvalue weighted by molar-refractivity contribution is 5.96. The molecular formula is C59H77NO12. The van der Waals surface area contributed by atoms with E-state index < -0.39 is 99.1 Å². The molecule has 72 heavy (non-hydrogen) atoms. The molecule has 1 saturated heterocycles.